The second-order valence-corrected chi connectivity index (χ2v) is 32.7. The fourth-order valence-electron chi connectivity index (χ4n) is 5.73. The van der Waals surface area contributed by atoms with Crippen LogP contribution < -0.4 is 3.32 Å². The van der Waals surface area contributed by atoms with Crippen LogP contribution in [0.5, 0.6) is 0 Å². The Labute approximate surface area is 205 Å². The third kappa shape index (κ3) is 3.73. The number of allylic oxidation sites excluding steroid dienone is 1. The van der Waals surface area contributed by atoms with Gasteiger partial charge in [0.1, 0.15) is 0 Å². The molecule has 0 fully saturated rings. The van der Waals surface area contributed by atoms with E-state index in [0.717, 1.165) is 6.42 Å². The van der Waals surface area contributed by atoms with Crippen LogP contribution in [0.1, 0.15) is 53.6 Å². The van der Waals surface area contributed by atoms with Gasteiger partial charge in [0, 0.05) is 0 Å². The third-order valence-corrected chi connectivity index (χ3v) is 27.0. The molecule has 3 aromatic rings. The zero-order valence-electron chi connectivity index (χ0n) is 19.1. The molecule has 0 aliphatic heterocycles. The second-order valence-electron chi connectivity index (χ2n) is 9.51. The molecule has 1 unspecified atom stereocenters. The van der Waals surface area contributed by atoms with E-state index >= 15 is 0 Å². The van der Waals surface area contributed by atoms with E-state index in [1.54, 1.807) is 0 Å². The van der Waals surface area contributed by atoms with Gasteiger partial charge in [-0.15, -0.1) is 0 Å². The predicted octanol–water partition coefficient (Wildman–Crippen LogP) is 8.74. The Bertz CT molecular complexity index is 1200. The van der Waals surface area contributed by atoms with Crippen molar-refractivity contribution in [2.45, 2.75) is 49.1 Å². The van der Waals surface area contributed by atoms with Crippen molar-refractivity contribution >= 4 is 34.5 Å². The molecule has 0 heterocycles. The minimum atomic E-state index is -4.05. The van der Waals surface area contributed by atoms with E-state index in [4.69, 9.17) is 17.2 Å². The molecule has 0 spiro atoms. The topological polar surface area (TPSA) is 0 Å². The standard InChI is InChI=1S/C15H20P.C13H9.2ClH.Hf/c1-11(2)16(12(3)4)15-9-13-7-5-6-8-14(13)10-15;1-3-7-12-10(5-1)9-11-6-2-4-8-13(11)12;;;/h5-12H,1-4H3;1-5,7-8H,9H2;2*1H;/q;;;;+2/p-2. The van der Waals surface area contributed by atoms with Gasteiger partial charge in [0.05, 0.1) is 0 Å². The molecular weight excluding hydrogens is 617 g/mol. The molecule has 0 saturated carbocycles. The van der Waals surface area contributed by atoms with Crippen LogP contribution in [0.2, 0.25) is 0 Å². The van der Waals surface area contributed by atoms with Crippen LogP contribution in [0.4, 0.5) is 0 Å². The SMILES string of the molecule is CC(C)P(C1=Cc2ccccc2[CH]1[Hf]([Cl])([Cl])[c]1cccc2c1Cc1ccccc1-2)C(C)C. The molecule has 2 aliphatic rings. The monoisotopic (exact) mass is 646 g/mol. The molecule has 0 aromatic heterocycles. The van der Waals surface area contributed by atoms with Crippen LogP contribution in [0.25, 0.3) is 17.2 Å². The normalized spacial score (nSPS) is 17.0. The van der Waals surface area contributed by atoms with E-state index in [1.807, 2.05) is 0 Å². The molecule has 0 nitrogen and oxygen atoms in total. The van der Waals surface area contributed by atoms with Crippen LogP contribution in [0.15, 0.2) is 72.0 Å². The maximum atomic E-state index is 7.73. The van der Waals surface area contributed by atoms with E-state index in [0.29, 0.717) is 11.3 Å². The van der Waals surface area contributed by atoms with E-state index in [-0.39, 0.29) is 11.6 Å². The number of hydrogen-bond donors (Lipinski definition) is 0. The average molecular weight is 646 g/mol. The van der Waals surface area contributed by atoms with E-state index in [1.165, 1.54) is 42.0 Å². The summed E-state index contributed by atoms with van der Waals surface area (Å²) in [5, 5.41) is 1.53. The van der Waals surface area contributed by atoms with Crippen molar-refractivity contribution in [1.29, 1.82) is 0 Å². The fourth-order valence-corrected chi connectivity index (χ4v) is 28.5. The molecule has 0 radical (unpaired) electrons. The zero-order valence-corrected chi connectivity index (χ0v) is 25.1. The summed E-state index contributed by atoms with van der Waals surface area (Å²) in [5.74, 6) is 0. The van der Waals surface area contributed by atoms with Crippen molar-refractivity contribution in [2.75, 3.05) is 0 Å². The number of benzene rings is 3. The van der Waals surface area contributed by atoms with Crippen molar-refractivity contribution in [3.8, 4) is 11.1 Å². The number of halogens is 2. The quantitative estimate of drug-likeness (QED) is 0.150. The summed E-state index contributed by atoms with van der Waals surface area (Å²) in [7, 11) is 15.1. The summed E-state index contributed by atoms with van der Waals surface area (Å²) >= 11 is -4.05. The summed E-state index contributed by atoms with van der Waals surface area (Å²) in [6, 6.07) is 24.2. The number of rotatable bonds is 5. The Hall–Kier alpha value is -0.720. The summed E-state index contributed by atoms with van der Waals surface area (Å²) < 4.78 is 1.47. The molecule has 0 saturated heterocycles. The molecule has 4 heteroatoms. The fraction of sp³-hybridized carbons (Fsp3) is 0.286. The van der Waals surface area contributed by atoms with Gasteiger partial charge in [-0.3, -0.25) is 0 Å². The van der Waals surface area contributed by atoms with E-state index < -0.39 is 17.6 Å². The maximum absolute atomic E-state index is 7.73. The molecule has 0 bridgehead atoms. The molecular formula is C28H29Cl2HfP. The van der Waals surface area contributed by atoms with Gasteiger partial charge in [-0.1, -0.05) is 0 Å². The van der Waals surface area contributed by atoms with Gasteiger partial charge in [0.2, 0.25) is 0 Å². The van der Waals surface area contributed by atoms with E-state index in [9.17, 15) is 0 Å². The van der Waals surface area contributed by atoms with Gasteiger partial charge < -0.3 is 0 Å². The summed E-state index contributed by atoms with van der Waals surface area (Å²) in [5.41, 5.74) is 9.34. The molecule has 3 aromatic carbocycles. The molecule has 0 amide bonds. The van der Waals surface area contributed by atoms with Crippen molar-refractivity contribution in [3.05, 3.63) is 94.3 Å². The Kier molecular flexibility index (Phi) is 6.34. The van der Waals surface area contributed by atoms with Crippen LogP contribution in [-0.2, 0) is 24.0 Å². The molecule has 32 heavy (non-hydrogen) atoms. The van der Waals surface area contributed by atoms with Gasteiger partial charge in [-0.2, -0.15) is 0 Å². The van der Waals surface area contributed by atoms with Gasteiger partial charge in [0.25, 0.3) is 0 Å². The van der Waals surface area contributed by atoms with E-state index in [2.05, 4.69) is 101 Å². The van der Waals surface area contributed by atoms with Crippen LogP contribution in [-0.4, -0.2) is 11.3 Å². The summed E-state index contributed by atoms with van der Waals surface area (Å²) in [4.78, 5) is 0. The molecule has 5 rings (SSSR count). The molecule has 1 atom stereocenters. The first-order valence-corrected chi connectivity index (χ1v) is 25.7. The Morgan fingerprint density at radius 1 is 0.812 bits per heavy atom. The van der Waals surface area contributed by atoms with Crippen LogP contribution in [0.3, 0.4) is 0 Å². The summed E-state index contributed by atoms with van der Waals surface area (Å²) in [6.45, 7) is 9.46. The molecule has 0 N–H and O–H groups in total. The molecule has 2 aliphatic carbocycles. The van der Waals surface area contributed by atoms with Crippen LogP contribution >= 0.6 is 25.1 Å². The Balaban J connectivity index is 1.67. The predicted molar refractivity (Wildman–Crippen MR) is 140 cm³/mol. The first-order valence-electron chi connectivity index (χ1n) is 11.5. The number of hydrogen-bond acceptors (Lipinski definition) is 0. The zero-order chi connectivity index (χ0) is 22.6. The van der Waals surface area contributed by atoms with Gasteiger partial charge in [-0.05, 0) is 0 Å². The Morgan fingerprint density at radius 2 is 1.47 bits per heavy atom. The van der Waals surface area contributed by atoms with Crippen LogP contribution in [0, 0.1) is 0 Å². The second kappa shape index (κ2) is 8.81. The Morgan fingerprint density at radius 3 is 2.22 bits per heavy atom. The average Bonchev–Trinajstić information content (AvgIpc) is 3.31. The molecule has 164 valence electrons. The van der Waals surface area contributed by atoms with Crippen molar-refractivity contribution in [2.24, 2.45) is 0 Å². The van der Waals surface area contributed by atoms with Crippen molar-refractivity contribution in [1.82, 2.24) is 0 Å². The summed E-state index contributed by atoms with van der Waals surface area (Å²) in [6.07, 6.45) is 3.39. The minimum absolute atomic E-state index is 0.188. The first kappa shape index (κ1) is 23.0. The number of fused-ring (bicyclic) bond motifs is 4. The third-order valence-electron chi connectivity index (χ3n) is 6.89. The van der Waals surface area contributed by atoms with Gasteiger partial charge in [-0.25, -0.2) is 0 Å². The van der Waals surface area contributed by atoms with Gasteiger partial charge in [0.15, 0.2) is 0 Å². The first-order chi connectivity index (χ1) is 15.3. The van der Waals surface area contributed by atoms with Crippen molar-refractivity contribution < 1.29 is 17.6 Å². The van der Waals surface area contributed by atoms with Crippen molar-refractivity contribution in [3.63, 3.8) is 0 Å². The van der Waals surface area contributed by atoms with Gasteiger partial charge >= 0.3 is 207 Å².